The van der Waals surface area contributed by atoms with E-state index in [9.17, 15) is 0 Å². The Morgan fingerprint density at radius 1 is 1.14 bits per heavy atom. The first-order valence-electron chi connectivity index (χ1n) is 13.2. The first-order valence-corrected chi connectivity index (χ1v) is 13.2. The third-order valence-electron chi connectivity index (χ3n) is 8.77. The van der Waals surface area contributed by atoms with Crippen molar-refractivity contribution in [2.24, 2.45) is 5.41 Å². The number of aromatic nitrogens is 2. The van der Waals surface area contributed by atoms with Gasteiger partial charge in [0, 0.05) is 49.9 Å². The van der Waals surface area contributed by atoms with Crippen molar-refractivity contribution >= 4 is 23.2 Å². The van der Waals surface area contributed by atoms with E-state index in [-0.39, 0.29) is 6.47 Å². The average molecular weight is 491 g/mol. The second kappa shape index (κ2) is 10.1. The van der Waals surface area contributed by atoms with Gasteiger partial charge in [0.15, 0.2) is 0 Å². The van der Waals surface area contributed by atoms with E-state index < -0.39 is 0 Å². The van der Waals surface area contributed by atoms with Crippen LogP contribution in [0.2, 0.25) is 0 Å². The number of aryl methyl sites for hydroxylation is 1. The number of nitrogens with zero attached hydrogens (tertiary/aromatic N) is 3. The molecule has 3 aliphatic rings. The normalized spacial score (nSPS) is 20.9. The van der Waals surface area contributed by atoms with Crippen LogP contribution in [0.4, 0.5) is 5.69 Å². The molecule has 1 saturated carbocycles. The fraction of sp³-hybridized carbons (Fsp3) is 0.517. The Labute approximate surface area is 213 Å². The summed E-state index contributed by atoms with van der Waals surface area (Å²) in [4.78, 5) is 16.2. The fourth-order valence-electron chi connectivity index (χ4n) is 6.38. The maximum atomic E-state index is 8.36. The highest BCUT2D eigenvalue weighted by atomic mass is 16.5. The number of benzene rings is 2. The molecule has 2 aliphatic heterocycles. The van der Waals surface area contributed by atoms with Gasteiger partial charge >= 0.3 is 0 Å². The summed E-state index contributed by atoms with van der Waals surface area (Å²) in [5.41, 5.74) is 7.25. The smallest absolute Gasteiger partial charge is 0.290 e. The fourth-order valence-corrected chi connectivity index (χ4v) is 6.38. The summed E-state index contributed by atoms with van der Waals surface area (Å²) >= 11 is 0. The van der Waals surface area contributed by atoms with Crippen LogP contribution in [0.25, 0.3) is 11.0 Å². The third kappa shape index (κ3) is 4.45. The van der Waals surface area contributed by atoms with Crippen molar-refractivity contribution < 1.29 is 14.6 Å². The van der Waals surface area contributed by atoms with Crippen LogP contribution in [-0.2, 0) is 17.6 Å². The number of anilines is 1. The van der Waals surface area contributed by atoms with Crippen molar-refractivity contribution in [1.29, 1.82) is 0 Å². The van der Waals surface area contributed by atoms with E-state index >= 15 is 0 Å². The third-order valence-corrected chi connectivity index (χ3v) is 8.77. The molecular formula is C29H38N4O3. The van der Waals surface area contributed by atoms with Crippen molar-refractivity contribution in [3.63, 3.8) is 0 Å². The summed E-state index contributed by atoms with van der Waals surface area (Å²) in [7, 11) is 3.96. The van der Waals surface area contributed by atoms with Gasteiger partial charge in [-0.2, -0.15) is 0 Å². The summed E-state index contributed by atoms with van der Waals surface area (Å²) in [6, 6.07) is 14.3. The zero-order valence-electron chi connectivity index (χ0n) is 21.7. The van der Waals surface area contributed by atoms with E-state index in [1.165, 1.54) is 78.9 Å². The molecule has 1 spiro atoms. The maximum absolute atomic E-state index is 8.36. The van der Waals surface area contributed by atoms with Crippen LogP contribution in [0.5, 0.6) is 5.75 Å². The second-order valence-corrected chi connectivity index (χ2v) is 10.8. The van der Waals surface area contributed by atoms with Gasteiger partial charge in [0.1, 0.15) is 11.6 Å². The monoisotopic (exact) mass is 490 g/mol. The lowest BCUT2D eigenvalue weighted by Crippen LogP contribution is -2.54. The highest BCUT2D eigenvalue weighted by molar-refractivity contribution is 5.86. The molecule has 6 rings (SSSR count). The Kier molecular flexibility index (Phi) is 6.93. The highest BCUT2D eigenvalue weighted by Crippen LogP contribution is 2.45. The second-order valence-electron chi connectivity index (χ2n) is 10.8. The number of fused-ring (bicyclic) bond motifs is 3. The number of imidazole rings is 1. The lowest BCUT2D eigenvalue weighted by molar-refractivity contribution is -0.122. The van der Waals surface area contributed by atoms with Crippen molar-refractivity contribution in [1.82, 2.24) is 14.9 Å². The molecule has 2 aromatic carbocycles. The number of rotatable bonds is 4. The molecule has 7 nitrogen and oxygen atoms in total. The number of hydrogen-bond donors (Lipinski definition) is 2. The summed E-state index contributed by atoms with van der Waals surface area (Å²) in [6.45, 7) is 4.50. The van der Waals surface area contributed by atoms with Crippen molar-refractivity contribution in [2.75, 3.05) is 32.1 Å². The van der Waals surface area contributed by atoms with E-state index in [4.69, 9.17) is 19.6 Å². The molecule has 2 fully saturated rings. The first kappa shape index (κ1) is 24.6. The van der Waals surface area contributed by atoms with Gasteiger partial charge in [-0.05, 0) is 80.7 Å². The minimum Gasteiger partial charge on any atom is -0.497 e. The van der Waals surface area contributed by atoms with Gasteiger partial charge in [0.05, 0.1) is 18.1 Å². The molecule has 3 heterocycles. The quantitative estimate of drug-likeness (QED) is 0.511. The molecule has 1 unspecified atom stereocenters. The number of carbonyl (C=O) groups is 1. The molecule has 3 aromatic rings. The zero-order chi connectivity index (χ0) is 25.3. The Hall–Kier alpha value is -3.06. The van der Waals surface area contributed by atoms with E-state index in [1.54, 1.807) is 7.11 Å². The predicted octanol–water partition coefficient (Wildman–Crippen LogP) is 4.81. The van der Waals surface area contributed by atoms with Crippen LogP contribution in [0.3, 0.4) is 0 Å². The van der Waals surface area contributed by atoms with Crippen LogP contribution in [0.1, 0.15) is 62.0 Å². The Morgan fingerprint density at radius 2 is 1.83 bits per heavy atom. The Balaban J connectivity index is 0.000000848. The molecule has 7 heteroatoms. The minimum atomic E-state index is -0.250. The average Bonchev–Trinajstić information content (AvgIpc) is 3.24. The molecule has 0 radical (unpaired) electrons. The summed E-state index contributed by atoms with van der Waals surface area (Å²) in [5.74, 6) is 2.13. The molecule has 192 valence electrons. The highest BCUT2D eigenvalue weighted by Gasteiger charge is 2.41. The van der Waals surface area contributed by atoms with Gasteiger partial charge in [-0.15, -0.1) is 0 Å². The van der Waals surface area contributed by atoms with Gasteiger partial charge < -0.3 is 24.6 Å². The molecule has 36 heavy (non-hydrogen) atoms. The lowest BCUT2D eigenvalue weighted by atomic mass is 9.68. The molecule has 1 aromatic heterocycles. The van der Waals surface area contributed by atoms with Crippen LogP contribution < -0.4 is 15.0 Å². The summed E-state index contributed by atoms with van der Waals surface area (Å²) < 4.78 is 7.99. The van der Waals surface area contributed by atoms with E-state index in [0.29, 0.717) is 17.5 Å². The SMILES string of the molecule is COc1ccc(Cc2nc3c4c(ccc3n2C2CCC3(CC2)CNC3)N(C)C(C)CC4)cc1.O=CO. The number of ether oxygens (including phenoxy) is 1. The van der Waals surface area contributed by atoms with Gasteiger partial charge in [0.25, 0.3) is 6.47 Å². The Morgan fingerprint density at radius 3 is 2.44 bits per heavy atom. The summed E-state index contributed by atoms with van der Waals surface area (Å²) in [5, 5.41) is 10.4. The van der Waals surface area contributed by atoms with Crippen LogP contribution in [-0.4, -0.2) is 54.4 Å². The lowest BCUT2D eigenvalue weighted by Gasteiger charge is -2.47. The van der Waals surface area contributed by atoms with Crippen LogP contribution in [0, 0.1) is 5.41 Å². The van der Waals surface area contributed by atoms with Crippen molar-refractivity contribution in [3.8, 4) is 5.75 Å². The number of carboxylic acid groups (broad SMARTS) is 1. The van der Waals surface area contributed by atoms with Gasteiger partial charge in [-0.1, -0.05) is 12.1 Å². The molecule has 1 aliphatic carbocycles. The van der Waals surface area contributed by atoms with E-state index in [2.05, 4.69) is 65.2 Å². The molecule has 0 bridgehead atoms. The van der Waals surface area contributed by atoms with Crippen molar-refractivity contribution in [2.45, 2.75) is 64.0 Å². The topological polar surface area (TPSA) is 79.6 Å². The van der Waals surface area contributed by atoms with E-state index in [1.807, 2.05) is 0 Å². The molecular weight excluding hydrogens is 452 g/mol. The Bertz CT molecular complexity index is 1210. The van der Waals surface area contributed by atoms with Crippen molar-refractivity contribution in [3.05, 3.63) is 53.3 Å². The zero-order valence-corrected chi connectivity index (χ0v) is 21.7. The van der Waals surface area contributed by atoms with Gasteiger partial charge in [-0.3, -0.25) is 4.79 Å². The molecule has 1 atom stereocenters. The number of nitrogens with one attached hydrogen (secondary N) is 1. The van der Waals surface area contributed by atoms with Crippen LogP contribution in [0.15, 0.2) is 36.4 Å². The van der Waals surface area contributed by atoms with Gasteiger partial charge in [-0.25, -0.2) is 4.98 Å². The van der Waals surface area contributed by atoms with Crippen LogP contribution >= 0.6 is 0 Å². The minimum absolute atomic E-state index is 0.250. The van der Waals surface area contributed by atoms with E-state index in [0.717, 1.165) is 18.6 Å². The number of hydrogen-bond acceptors (Lipinski definition) is 5. The number of methoxy groups -OCH3 is 1. The molecule has 0 amide bonds. The standard InChI is InChI=1S/C28H36N4O.CH2O2/c1-19-4-9-23-24(31(19)2)10-11-25-27(23)30-26(16-20-5-7-22(33-3)8-6-20)32(25)21-12-14-28(15-13-21)17-29-18-28;2-1-3/h5-8,10-11,19,21,29H,4,9,12-18H2,1-3H3;1H,(H,2,3). The molecule has 2 N–H and O–H groups in total. The summed E-state index contributed by atoms with van der Waals surface area (Å²) in [6.07, 6.45) is 8.37. The van der Waals surface area contributed by atoms with Gasteiger partial charge in [0.2, 0.25) is 0 Å². The first-order chi connectivity index (χ1) is 17.5. The predicted molar refractivity (Wildman–Crippen MR) is 143 cm³/mol. The maximum Gasteiger partial charge on any atom is 0.290 e. The molecule has 1 saturated heterocycles. The largest absolute Gasteiger partial charge is 0.497 e.